The molecule has 3 aromatic rings. The zero-order chi connectivity index (χ0) is 21.0. The van der Waals surface area contributed by atoms with Crippen LogP contribution in [0.1, 0.15) is 43.2 Å². The molecule has 2 heterocycles. The van der Waals surface area contributed by atoms with Crippen molar-refractivity contribution < 1.29 is 13.2 Å². The molecule has 0 aliphatic heterocycles. The maximum Gasteiger partial charge on any atom is 0.417 e. The first-order valence-electron chi connectivity index (χ1n) is 9.43. The summed E-state index contributed by atoms with van der Waals surface area (Å²) in [5.41, 5.74) is 0.885. The number of halogens is 4. The third-order valence-electron chi connectivity index (χ3n) is 5.60. The molecule has 4 rings (SSSR count). The van der Waals surface area contributed by atoms with Crippen molar-refractivity contribution in [2.75, 3.05) is 5.32 Å². The molecule has 1 atom stereocenters. The van der Waals surface area contributed by atoms with Crippen LogP contribution in [0.5, 0.6) is 0 Å². The van der Waals surface area contributed by atoms with Crippen LogP contribution < -0.4 is 5.32 Å². The predicted octanol–water partition coefficient (Wildman–Crippen LogP) is 7.26. The van der Waals surface area contributed by atoms with Gasteiger partial charge in [-0.25, -0.2) is 9.97 Å². The molecule has 1 aliphatic rings. The number of nitrogens with one attached hydrogen (secondary N) is 1. The lowest BCUT2D eigenvalue weighted by Gasteiger charge is -2.33. The summed E-state index contributed by atoms with van der Waals surface area (Å²) in [7, 11) is 0. The van der Waals surface area contributed by atoms with E-state index in [9.17, 15) is 13.2 Å². The normalized spacial score (nSPS) is 17.4. The van der Waals surface area contributed by atoms with Crippen LogP contribution in [-0.2, 0) is 19.0 Å². The molecule has 1 unspecified atom stereocenters. The second-order valence-electron chi connectivity index (χ2n) is 8.53. The van der Waals surface area contributed by atoms with Crippen molar-refractivity contribution in [3.63, 3.8) is 0 Å². The van der Waals surface area contributed by atoms with Gasteiger partial charge in [-0.15, -0.1) is 11.3 Å². The third kappa shape index (κ3) is 3.94. The molecule has 154 valence electrons. The fraction of sp³-hybridized carbons (Fsp3) is 0.429. The first kappa shape index (κ1) is 20.4. The van der Waals surface area contributed by atoms with Crippen LogP contribution in [0, 0.1) is 11.3 Å². The van der Waals surface area contributed by atoms with Gasteiger partial charge in [0, 0.05) is 10.6 Å². The number of anilines is 2. The molecule has 0 saturated carbocycles. The van der Waals surface area contributed by atoms with Crippen LogP contribution in [0.15, 0.2) is 24.5 Å². The fourth-order valence-corrected chi connectivity index (χ4v) is 5.39. The second kappa shape index (κ2) is 7.13. The third-order valence-corrected chi connectivity index (χ3v) is 7.10. The van der Waals surface area contributed by atoms with Gasteiger partial charge >= 0.3 is 6.18 Å². The second-order valence-corrected chi connectivity index (χ2v) is 10.0. The topological polar surface area (TPSA) is 37.8 Å². The van der Waals surface area contributed by atoms with E-state index in [4.69, 9.17) is 11.6 Å². The number of aromatic nitrogens is 2. The average Bonchev–Trinajstić information content (AvgIpc) is 3.00. The maximum atomic E-state index is 13.2. The fourth-order valence-electron chi connectivity index (χ4n) is 3.90. The number of aryl methyl sites for hydroxylation is 1. The summed E-state index contributed by atoms with van der Waals surface area (Å²) in [6, 6.07) is 3.80. The minimum Gasteiger partial charge on any atom is -0.340 e. The zero-order valence-electron chi connectivity index (χ0n) is 16.3. The Balaban J connectivity index is 1.73. The van der Waals surface area contributed by atoms with Gasteiger partial charge in [0.25, 0.3) is 0 Å². The molecule has 2 aromatic heterocycles. The monoisotopic (exact) mass is 439 g/mol. The van der Waals surface area contributed by atoms with Gasteiger partial charge < -0.3 is 5.32 Å². The lowest BCUT2D eigenvalue weighted by molar-refractivity contribution is -0.137. The van der Waals surface area contributed by atoms with Crippen molar-refractivity contribution in [2.45, 2.75) is 46.2 Å². The molecule has 1 aromatic carbocycles. The van der Waals surface area contributed by atoms with Crippen LogP contribution in [0.2, 0.25) is 5.02 Å². The van der Waals surface area contributed by atoms with Crippen molar-refractivity contribution in [1.29, 1.82) is 0 Å². The molecule has 3 nitrogen and oxygen atoms in total. The highest BCUT2D eigenvalue weighted by molar-refractivity contribution is 7.19. The minimum absolute atomic E-state index is 0.234. The number of benzene rings is 1. The molecule has 0 radical (unpaired) electrons. The van der Waals surface area contributed by atoms with Gasteiger partial charge in [-0.3, -0.25) is 0 Å². The average molecular weight is 440 g/mol. The van der Waals surface area contributed by atoms with Gasteiger partial charge in [0.05, 0.1) is 16.0 Å². The van der Waals surface area contributed by atoms with Gasteiger partial charge in [0.2, 0.25) is 0 Å². The number of fused-ring (bicyclic) bond motifs is 3. The molecule has 0 amide bonds. The highest BCUT2D eigenvalue weighted by Gasteiger charge is 2.34. The summed E-state index contributed by atoms with van der Waals surface area (Å²) in [5, 5.41) is 3.66. The van der Waals surface area contributed by atoms with Crippen molar-refractivity contribution in [3.05, 3.63) is 45.6 Å². The maximum absolute atomic E-state index is 13.2. The van der Waals surface area contributed by atoms with Gasteiger partial charge in [0.1, 0.15) is 17.0 Å². The van der Waals surface area contributed by atoms with E-state index in [2.05, 4.69) is 36.1 Å². The Kier molecular flexibility index (Phi) is 5.02. The molecule has 0 fully saturated rings. The lowest BCUT2D eigenvalue weighted by atomic mass is 9.72. The molecule has 0 spiro atoms. The Bertz CT molecular complexity index is 1070. The highest BCUT2D eigenvalue weighted by atomic mass is 35.5. The van der Waals surface area contributed by atoms with Crippen LogP contribution in [0.3, 0.4) is 0 Å². The summed E-state index contributed by atoms with van der Waals surface area (Å²) < 4.78 is 39.6. The summed E-state index contributed by atoms with van der Waals surface area (Å²) in [5.74, 6) is 1.13. The van der Waals surface area contributed by atoms with Crippen LogP contribution in [0.4, 0.5) is 24.7 Å². The molecular formula is C21H21ClF3N3S. The lowest BCUT2D eigenvalue weighted by Crippen LogP contribution is -2.26. The highest BCUT2D eigenvalue weighted by Crippen LogP contribution is 2.45. The number of hydrogen-bond acceptors (Lipinski definition) is 4. The Morgan fingerprint density at radius 2 is 1.93 bits per heavy atom. The van der Waals surface area contributed by atoms with Gasteiger partial charge in [-0.1, -0.05) is 32.4 Å². The first-order valence-corrected chi connectivity index (χ1v) is 10.6. The van der Waals surface area contributed by atoms with E-state index in [1.165, 1.54) is 28.9 Å². The smallest absolute Gasteiger partial charge is 0.340 e. The Morgan fingerprint density at radius 1 is 1.17 bits per heavy atom. The number of rotatable bonds is 2. The van der Waals surface area contributed by atoms with E-state index in [0.29, 0.717) is 17.4 Å². The largest absolute Gasteiger partial charge is 0.417 e. The Hall–Kier alpha value is -1.86. The van der Waals surface area contributed by atoms with E-state index in [1.807, 2.05) is 0 Å². The van der Waals surface area contributed by atoms with Gasteiger partial charge in [-0.05, 0) is 54.4 Å². The summed E-state index contributed by atoms with van der Waals surface area (Å²) >= 11 is 7.40. The zero-order valence-corrected chi connectivity index (χ0v) is 17.9. The van der Waals surface area contributed by atoms with Crippen molar-refractivity contribution in [1.82, 2.24) is 9.97 Å². The van der Waals surface area contributed by atoms with Crippen LogP contribution >= 0.6 is 22.9 Å². The van der Waals surface area contributed by atoms with Crippen molar-refractivity contribution in [3.8, 4) is 0 Å². The predicted molar refractivity (Wildman–Crippen MR) is 112 cm³/mol. The van der Waals surface area contributed by atoms with Gasteiger partial charge in [0.15, 0.2) is 0 Å². The SMILES string of the molecule is CC(C)(C)C1CCc2c(sc3ncnc(Nc4ccc(Cl)c(C(F)(F)F)c4)c23)C1. The van der Waals surface area contributed by atoms with E-state index in [-0.39, 0.29) is 10.4 Å². The summed E-state index contributed by atoms with van der Waals surface area (Å²) in [6.45, 7) is 6.80. The standard InChI is InChI=1S/C21H21ClF3N3S/c1-20(2,3)11-4-6-13-16(8-11)29-19-17(13)18(26-10-27-19)28-12-5-7-15(22)14(9-12)21(23,24)25/h5,7,9-11H,4,6,8H2,1-3H3,(H,26,27,28). The number of thiophene rings is 1. The molecule has 1 N–H and O–H groups in total. The Morgan fingerprint density at radius 3 is 2.62 bits per heavy atom. The number of alkyl halides is 3. The van der Waals surface area contributed by atoms with Gasteiger partial charge in [-0.2, -0.15) is 13.2 Å². The van der Waals surface area contributed by atoms with E-state index >= 15 is 0 Å². The van der Waals surface area contributed by atoms with E-state index in [0.717, 1.165) is 35.5 Å². The molecule has 0 saturated heterocycles. The minimum atomic E-state index is -4.51. The molecule has 1 aliphatic carbocycles. The quantitative estimate of drug-likeness (QED) is 0.456. The van der Waals surface area contributed by atoms with E-state index in [1.54, 1.807) is 11.3 Å². The number of nitrogens with zero attached hydrogens (tertiary/aromatic N) is 2. The summed E-state index contributed by atoms with van der Waals surface area (Å²) in [4.78, 5) is 10.9. The molecule has 8 heteroatoms. The summed E-state index contributed by atoms with van der Waals surface area (Å²) in [6.07, 6.45) is -0.0598. The van der Waals surface area contributed by atoms with E-state index < -0.39 is 11.7 Å². The number of hydrogen-bond donors (Lipinski definition) is 1. The van der Waals surface area contributed by atoms with Crippen LogP contribution in [-0.4, -0.2) is 9.97 Å². The van der Waals surface area contributed by atoms with Crippen molar-refractivity contribution in [2.24, 2.45) is 11.3 Å². The molecular weight excluding hydrogens is 419 g/mol. The van der Waals surface area contributed by atoms with Crippen LogP contribution in [0.25, 0.3) is 10.2 Å². The molecule has 0 bridgehead atoms. The molecule has 29 heavy (non-hydrogen) atoms. The van der Waals surface area contributed by atoms with Crippen molar-refractivity contribution >= 4 is 44.7 Å². The Labute approximate surface area is 176 Å². The first-order chi connectivity index (χ1) is 13.5.